The molecule has 6 nitrogen and oxygen atoms in total. The van der Waals surface area contributed by atoms with Crippen LogP contribution in [0.25, 0.3) is 0 Å². The van der Waals surface area contributed by atoms with Crippen molar-refractivity contribution in [2.24, 2.45) is 5.73 Å². The Morgan fingerprint density at radius 1 is 1.33 bits per heavy atom. The molecule has 0 saturated carbocycles. The van der Waals surface area contributed by atoms with Gasteiger partial charge in [0.05, 0.1) is 6.20 Å². The quantitative estimate of drug-likeness (QED) is 0.767. The zero-order valence-corrected chi connectivity index (χ0v) is 10.7. The van der Waals surface area contributed by atoms with Gasteiger partial charge < -0.3 is 5.73 Å². The molecule has 1 heterocycles. The van der Waals surface area contributed by atoms with Gasteiger partial charge in [0.2, 0.25) is 0 Å². The minimum atomic E-state index is -3.67. The molecule has 0 bridgehead atoms. The number of nitrogens with two attached hydrogens (primary N) is 1. The Balaban J connectivity index is 2.30. The Morgan fingerprint density at radius 3 is 2.61 bits per heavy atom. The second kappa shape index (κ2) is 4.79. The highest BCUT2D eigenvalue weighted by Crippen LogP contribution is 2.17. The van der Waals surface area contributed by atoms with Crippen LogP contribution >= 0.6 is 0 Å². The summed E-state index contributed by atoms with van der Waals surface area (Å²) in [4.78, 5) is 0. The standard InChI is InChI=1S/C11H14N4O2S/c1-8-2-4-10(5-3-8)15-18(16,17)11-9(6-12)7-13-14-11/h2-5,7,15H,6,12H2,1H3,(H,13,14). The van der Waals surface area contributed by atoms with Crippen molar-refractivity contribution in [3.05, 3.63) is 41.6 Å². The number of aromatic nitrogens is 2. The molecule has 2 rings (SSSR count). The smallest absolute Gasteiger partial charge is 0.279 e. The number of H-pyrrole nitrogens is 1. The first-order valence-electron chi connectivity index (χ1n) is 5.35. The Morgan fingerprint density at radius 2 is 2.00 bits per heavy atom. The summed E-state index contributed by atoms with van der Waals surface area (Å²) in [5, 5.41) is 6.14. The molecular weight excluding hydrogens is 252 g/mol. The Kier molecular flexibility index (Phi) is 3.35. The van der Waals surface area contributed by atoms with Gasteiger partial charge in [-0.3, -0.25) is 9.82 Å². The number of anilines is 1. The van der Waals surface area contributed by atoms with Gasteiger partial charge in [0, 0.05) is 17.8 Å². The first kappa shape index (κ1) is 12.6. The van der Waals surface area contributed by atoms with E-state index in [1.165, 1.54) is 6.20 Å². The minimum Gasteiger partial charge on any atom is -0.326 e. The van der Waals surface area contributed by atoms with E-state index >= 15 is 0 Å². The van der Waals surface area contributed by atoms with E-state index < -0.39 is 10.0 Å². The lowest BCUT2D eigenvalue weighted by Crippen LogP contribution is -2.16. The molecular formula is C11H14N4O2S. The van der Waals surface area contributed by atoms with Gasteiger partial charge >= 0.3 is 0 Å². The molecule has 96 valence electrons. The number of sulfonamides is 1. The molecule has 0 atom stereocenters. The van der Waals surface area contributed by atoms with E-state index in [9.17, 15) is 8.42 Å². The summed E-state index contributed by atoms with van der Waals surface area (Å²) in [6.45, 7) is 2.04. The fourth-order valence-corrected chi connectivity index (χ4v) is 2.71. The predicted molar refractivity (Wildman–Crippen MR) is 68.5 cm³/mol. The Labute approximate surface area is 105 Å². The van der Waals surface area contributed by atoms with Crippen molar-refractivity contribution >= 4 is 15.7 Å². The SMILES string of the molecule is Cc1ccc(NS(=O)(=O)c2[nH]ncc2CN)cc1. The van der Waals surface area contributed by atoms with Crippen molar-refractivity contribution in [1.82, 2.24) is 10.2 Å². The highest BCUT2D eigenvalue weighted by molar-refractivity contribution is 7.92. The largest absolute Gasteiger partial charge is 0.326 e. The Hall–Kier alpha value is -1.86. The summed E-state index contributed by atoms with van der Waals surface area (Å²) in [6.07, 6.45) is 1.41. The van der Waals surface area contributed by atoms with Gasteiger partial charge in [-0.15, -0.1) is 0 Å². The van der Waals surface area contributed by atoms with Gasteiger partial charge in [-0.05, 0) is 19.1 Å². The van der Waals surface area contributed by atoms with E-state index in [1.807, 2.05) is 19.1 Å². The molecule has 0 saturated heterocycles. The summed E-state index contributed by atoms with van der Waals surface area (Å²) in [5.41, 5.74) is 7.46. The van der Waals surface area contributed by atoms with Crippen LogP contribution in [0.1, 0.15) is 11.1 Å². The van der Waals surface area contributed by atoms with Gasteiger partial charge in [-0.25, -0.2) is 0 Å². The Bertz CT molecular complexity index is 631. The molecule has 0 aliphatic rings. The van der Waals surface area contributed by atoms with Crippen LogP contribution in [-0.4, -0.2) is 18.6 Å². The van der Waals surface area contributed by atoms with Crippen LogP contribution in [0.2, 0.25) is 0 Å². The zero-order valence-electron chi connectivity index (χ0n) is 9.84. The lowest BCUT2D eigenvalue weighted by molar-refractivity contribution is 0.596. The average Bonchev–Trinajstić information content (AvgIpc) is 2.81. The van der Waals surface area contributed by atoms with Crippen molar-refractivity contribution in [3.63, 3.8) is 0 Å². The summed E-state index contributed by atoms with van der Waals surface area (Å²) in [7, 11) is -3.67. The molecule has 18 heavy (non-hydrogen) atoms. The van der Waals surface area contributed by atoms with Gasteiger partial charge in [0.25, 0.3) is 10.0 Å². The molecule has 0 amide bonds. The van der Waals surface area contributed by atoms with E-state index in [2.05, 4.69) is 14.9 Å². The van der Waals surface area contributed by atoms with Gasteiger partial charge in [-0.2, -0.15) is 13.5 Å². The van der Waals surface area contributed by atoms with Crippen LogP contribution in [0.15, 0.2) is 35.5 Å². The second-order valence-corrected chi connectivity index (χ2v) is 5.52. The summed E-state index contributed by atoms with van der Waals surface area (Å²) < 4.78 is 26.6. The molecule has 7 heteroatoms. The predicted octanol–water partition coefficient (Wildman–Crippen LogP) is 0.978. The maximum Gasteiger partial charge on any atom is 0.279 e. The van der Waals surface area contributed by atoms with Gasteiger partial charge in [0.1, 0.15) is 0 Å². The normalized spacial score (nSPS) is 11.4. The van der Waals surface area contributed by atoms with Crippen molar-refractivity contribution in [2.45, 2.75) is 18.5 Å². The van der Waals surface area contributed by atoms with Crippen LogP contribution in [-0.2, 0) is 16.6 Å². The number of aromatic amines is 1. The topological polar surface area (TPSA) is 101 Å². The average molecular weight is 266 g/mol. The first-order valence-corrected chi connectivity index (χ1v) is 6.83. The van der Waals surface area contributed by atoms with Crippen LogP contribution in [0, 0.1) is 6.92 Å². The number of hydrogen-bond donors (Lipinski definition) is 3. The molecule has 1 aromatic carbocycles. The molecule has 0 unspecified atom stereocenters. The maximum atomic E-state index is 12.1. The lowest BCUT2D eigenvalue weighted by atomic mass is 10.2. The molecule has 0 radical (unpaired) electrons. The molecule has 0 spiro atoms. The fraction of sp³-hybridized carbons (Fsp3) is 0.182. The number of aryl methyl sites for hydroxylation is 1. The summed E-state index contributed by atoms with van der Waals surface area (Å²) in [5.74, 6) is 0. The van der Waals surface area contributed by atoms with Crippen molar-refractivity contribution in [2.75, 3.05) is 4.72 Å². The monoisotopic (exact) mass is 266 g/mol. The van der Waals surface area contributed by atoms with E-state index in [0.29, 0.717) is 11.3 Å². The number of rotatable bonds is 4. The van der Waals surface area contributed by atoms with Crippen molar-refractivity contribution in [1.29, 1.82) is 0 Å². The molecule has 2 aromatic rings. The molecule has 0 aliphatic heterocycles. The van der Waals surface area contributed by atoms with E-state index in [1.54, 1.807) is 12.1 Å². The van der Waals surface area contributed by atoms with E-state index in [-0.39, 0.29) is 11.6 Å². The number of benzene rings is 1. The molecule has 0 aliphatic carbocycles. The lowest BCUT2D eigenvalue weighted by Gasteiger charge is -2.07. The number of nitrogens with zero attached hydrogens (tertiary/aromatic N) is 1. The number of nitrogens with one attached hydrogen (secondary N) is 2. The zero-order chi connectivity index (χ0) is 13.2. The fourth-order valence-electron chi connectivity index (χ4n) is 1.51. The van der Waals surface area contributed by atoms with Crippen molar-refractivity contribution < 1.29 is 8.42 Å². The minimum absolute atomic E-state index is 0.00516. The second-order valence-electron chi connectivity index (χ2n) is 3.90. The highest BCUT2D eigenvalue weighted by Gasteiger charge is 2.20. The van der Waals surface area contributed by atoms with Gasteiger partial charge in [0.15, 0.2) is 5.03 Å². The highest BCUT2D eigenvalue weighted by atomic mass is 32.2. The van der Waals surface area contributed by atoms with E-state index in [0.717, 1.165) is 5.56 Å². The third kappa shape index (κ3) is 2.52. The first-order chi connectivity index (χ1) is 8.53. The van der Waals surface area contributed by atoms with Crippen LogP contribution in [0.3, 0.4) is 0 Å². The number of hydrogen-bond acceptors (Lipinski definition) is 4. The molecule has 1 aromatic heterocycles. The van der Waals surface area contributed by atoms with E-state index in [4.69, 9.17) is 5.73 Å². The molecule has 4 N–H and O–H groups in total. The third-order valence-electron chi connectivity index (χ3n) is 2.47. The van der Waals surface area contributed by atoms with Crippen molar-refractivity contribution in [3.8, 4) is 0 Å². The van der Waals surface area contributed by atoms with Crippen LogP contribution in [0.4, 0.5) is 5.69 Å². The van der Waals surface area contributed by atoms with Gasteiger partial charge in [-0.1, -0.05) is 17.7 Å². The van der Waals surface area contributed by atoms with Crippen LogP contribution < -0.4 is 10.5 Å². The third-order valence-corrected chi connectivity index (χ3v) is 3.87. The summed E-state index contributed by atoms with van der Waals surface area (Å²) in [6, 6.07) is 7.06. The summed E-state index contributed by atoms with van der Waals surface area (Å²) >= 11 is 0. The maximum absolute atomic E-state index is 12.1. The van der Waals surface area contributed by atoms with Crippen LogP contribution in [0.5, 0.6) is 0 Å². The molecule has 0 fully saturated rings.